The molecule has 2 aliphatic heterocycles. The van der Waals surface area contributed by atoms with Crippen LogP contribution in [0.3, 0.4) is 0 Å². The summed E-state index contributed by atoms with van der Waals surface area (Å²) in [5, 5.41) is 0. The largest absolute Gasteiger partial charge is 0.461 e. The van der Waals surface area contributed by atoms with Gasteiger partial charge >= 0.3 is 18.3 Å². The van der Waals surface area contributed by atoms with Gasteiger partial charge in [0.1, 0.15) is 17.7 Å². The van der Waals surface area contributed by atoms with E-state index in [0.717, 1.165) is 16.8 Å². The number of halogens is 6. The number of aromatic nitrogens is 2. The highest BCUT2D eigenvalue weighted by Gasteiger charge is 2.48. The van der Waals surface area contributed by atoms with Gasteiger partial charge in [-0.05, 0) is 19.1 Å². The molecule has 0 spiro atoms. The molecule has 0 N–H and O–H groups in total. The SMILES string of the molecule is CCOC(=O)c1cn2c(n1)C=CC1C(C(F)(F)F)=CC(C(F)(F)F)=NC12. The molecule has 0 saturated carbocycles. The van der Waals surface area contributed by atoms with Crippen LogP contribution in [0.5, 0.6) is 0 Å². The van der Waals surface area contributed by atoms with Gasteiger partial charge in [0.25, 0.3) is 0 Å². The van der Waals surface area contributed by atoms with Gasteiger partial charge in [0.05, 0.1) is 6.61 Å². The van der Waals surface area contributed by atoms with Crippen LogP contribution in [0.2, 0.25) is 0 Å². The van der Waals surface area contributed by atoms with Crippen LogP contribution in [-0.4, -0.2) is 40.2 Å². The van der Waals surface area contributed by atoms with Crippen molar-refractivity contribution < 1.29 is 35.9 Å². The maximum atomic E-state index is 13.3. The Morgan fingerprint density at radius 3 is 2.50 bits per heavy atom. The third-order valence-electron chi connectivity index (χ3n) is 3.84. The second-order valence-corrected chi connectivity index (χ2v) is 5.52. The highest BCUT2D eigenvalue weighted by atomic mass is 19.4. The number of carbonyl (C=O) groups is 1. The standard InChI is InChI=1S/C15H11F6N3O2/c1-2-26-13(25)9-6-24-11(22-9)4-3-7-8(14(16,17)18)5-10(15(19,20)21)23-12(7)24/h3-7,12H,2H2,1H3. The number of hydrogen-bond acceptors (Lipinski definition) is 4. The third-order valence-corrected chi connectivity index (χ3v) is 3.84. The zero-order chi connectivity index (χ0) is 19.3. The predicted molar refractivity (Wildman–Crippen MR) is 77.4 cm³/mol. The number of esters is 1. The predicted octanol–water partition coefficient (Wildman–Crippen LogP) is 3.71. The van der Waals surface area contributed by atoms with Crippen molar-refractivity contribution in [3.63, 3.8) is 0 Å². The second kappa shape index (κ2) is 5.99. The van der Waals surface area contributed by atoms with E-state index in [0.29, 0.717) is 0 Å². The van der Waals surface area contributed by atoms with E-state index in [1.54, 1.807) is 6.92 Å². The van der Waals surface area contributed by atoms with Crippen molar-refractivity contribution in [3.8, 4) is 0 Å². The molecule has 1 aromatic heterocycles. The summed E-state index contributed by atoms with van der Waals surface area (Å²) in [5.41, 5.74) is -3.23. The summed E-state index contributed by atoms with van der Waals surface area (Å²) in [6.45, 7) is 1.59. The summed E-state index contributed by atoms with van der Waals surface area (Å²) < 4.78 is 84.6. The first-order chi connectivity index (χ1) is 12.0. The molecule has 2 unspecified atom stereocenters. The molecule has 140 valence electrons. The summed E-state index contributed by atoms with van der Waals surface area (Å²) in [4.78, 5) is 19.1. The summed E-state index contributed by atoms with van der Waals surface area (Å²) in [5.74, 6) is -2.28. The molecule has 0 radical (unpaired) electrons. The van der Waals surface area contributed by atoms with Crippen molar-refractivity contribution in [3.05, 3.63) is 35.4 Å². The highest BCUT2D eigenvalue weighted by Crippen LogP contribution is 2.45. The lowest BCUT2D eigenvalue weighted by Crippen LogP contribution is -2.36. The number of allylic oxidation sites excluding steroid dienone is 1. The number of carbonyl (C=O) groups excluding carboxylic acids is 1. The summed E-state index contributed by atoms with van der Waals surface area (Å²) in [6.07, 6.45) is -8.22. The molecule has 0 aromatic carbocycles. The van der Waals surface area contributed by atoms with Crippen molar-refractivity contribution >= 4 is 17.8 Å². The van der Waals surface area contributed by atoms with Gasteiger partial charge in [-0.15, -0.1) is 0 Å². The summed E-state index contributed by atoms with van der Waals surface area (Å²) in [6, 6.07) is 0. The number of fused-ring (bicyclic) bond motifs is 3. The number of hydrogen-bond donors (Lipinski definition) is 0. The second-order valence-electron chi connectivity index (χ2n) is 5.52. The molecule has 0 amide bonds. The van der Waals surface area contributed by atoms with Gasteiger partial charge in [-0.1, -0.05) is 6.08 Å². The van der Waals surface area contributed by atoms with Crippen molar-refractivity contribution in [1.82, 2.24) is 9.55 Å². The van der Waals surface area contributed by atoms with Crippen LogP contribution in [-0.2, 0) is 4.74 Å². The molecule has 11 heteroatoms. The molecular formula is C15H11F6N3O2. The van der Waals surface area contributed by atoms with Gasteiger partial charge in [-0.3, -0.25) is 4.99 Å². The van der Waals surface area contributed by atoms with E-state index in [9.17, 15) is 31.1 Å². The maximum absolute atomic E-state index is 13.3. The molecule has 0 fully saturated rings. The van der Waals surface area contributed by atoms with Crippen LogP contribution in [0, 0.1) is 5.92 Å². The highest BCUT2D eigenvalue weighted by molar-refractivity contribution is 6.01. The van der Waals surface area contributed by atoms with Gasteiger partial charge in [-0.25, -0.2) is 9.78 Å². The Morgan fingerprint density at radius 2 is 1.92 bits per heavy atom. The fraction of sp³-hybridized carbons (Fsp3) is 0.400. The molecule has 0 aliphatic carbocycles. The molecule has 2 aliphatic rings. The fourth-order valence-corrected chi connectivity index (χ4v) is 2.76. The fourth-order valence-electron chi connectivity index (χ4n) is 2.76. The summed E-state index contributed by atoms with van der Waals surface area (Å²) in [7, 11) is 0. The van der Waals surface area contributed by atoms with E-state index in [-0.39, 0.29) is 24.2 Å². The first-order valence-corrected chi connectivity index (χ1v) is 7.40. The van der Waals surface area contributed by atoms with Crippen LogP contribution in [0.25, 0.3) is 6.08 Å². The van der Waals surface area contributed by atoms with Crippen molar-refractivity contribution in [2.45, 2.75) is 25.4 Å². The number of ether oxygens (including phenoxy) is 1. The van der Waals surface area contributed by atoms with Crippen LogP contribution >= 0.6 is 0 Å². The number of imidazole rings is 1. The van der Waals surface area contributed by atoms with E-state index in [1.165, 1.54) is 6.08 Å². The summed E-state index contributed by atoms with van der Waals surface area (Å²) >= 11 is 0. The van der Waals surface area contributed by atoms with E-state index in [2.05, 4.69) is 9.98 Å². The van der Waals surface area contributed by atoms with Crippen LogP contribution in [0.1, 0.15) is 29.4 Å². The molecule has 3 heterocycles. The lowest BCUT2D eigenvalue weighted by molar-refractivity contribution is -0.1000. The Kier molecular flexibility index (Phi) is 4.20. The lowest BCUT2D eigenvalue weighted by Gasteiger charge is -2.33. The van der Waals surface area contributed by atoms with Gasteiger partial charge in [-0.2, -0.15) is 26.3 Å². The van der Waals surface area contributed by atoms with Gasteiger partial charge in [0.2, 0.25) is 0 Å². The first-order valence-electron chi connectivity index (χ1n) is 7.40. The average Bonchev–Trinajstić information content (AvgIpc) is 2.97. The number of nitrogens with zero attached hydrogens (tertiary/aromatic N) is 3. The molecule has 5 nitrogen and oxygen atoms in total. The van der Waals surface area contributed by atoms with E-state index in [4.69, 9.17) is 4.74 Å². The molecule has 0 saturated heterocycles. The maximum Gasteiger partial charge on any atom is 0.432 e. The van der Waals surface area contributed by atoms with E-state index < -0.39 is 41.7 Å². The Labute approximate surface area is 142 Å². The smallest absolute Gasteiger partial charge is 0.432 e. The Balaban J connectivity index is 2.09. The Bertz CT molecular complexity index is 831. The molecule has 1 aromatic rings. The number of aliphatic imine (C=N–C) groups is 1. The van der Waals surface area contributed by atoms with Crippen LogP contribution < -0.4 is 0 Å². The molecule has 3 rings (SSSR count). The van der Waals surface area contributed by atoms with Gasteiger partial charge in [0.15, 0.2) is 5.69 Å². The zero-order valence-corrected chi connectivity index (χ0v) is 13.1. The molecule has 26 heavy (non-hydrogen) atoms. The minimum atomic E-state index is -5.05. The van der Waals surface area contributed by atoms with Crippen LogP contribution in [0.4, 0.5) is 26.3 Å². The number of alkyl halides is 6. The van der Waals surface area contributed by atoms with Crippen molar-refractivity contribution in [2.24, 2.45) is 10.9 Å². The van der Waals surface area contributed by atoms with Crippen molar-refractivity contribution in [2.75, 3.05) is 6.61 Å². The van der Waals surface area contributed by atoms with Gasteiger partial charge < -0.3 is 9.30 Å². The van der Waals surface area contributed by atoms with Crippen LogP contribution in [0.15, 0.2) is 28.9 Å². The topological polar surface area (TPSA) is 56.5 Å². The minimum Gasteiger partial charge on any atom is -0.461 e. The van der Waals surface area contributed by atoms with E-state index in [1.807, 2.05) is 0 Å². The zero-order valence-electron chi connectivity index (χ0n) is 13.1. The first kappa shape index (κ1) is 18.2. The molecule has 2 atom stereocenters. The third kappa shape index (κ3) is 3.13. The quantitative estimate of drug-likeness (QED) is 0.582. The number of dihydropyridines is 1. The minimum absolute atomic E-state index is 0.0136. The average molecular weight is 379 g/mol. The normalized spacial score (nSPS) is 22.3. The Morgan fingerprint density at radius 1 is 1.23 bits per heavy atom. The molecular weight excluding hydrogens is 368 g/mol. The number of rotatable bonds is 2. The van der Waals surface area contributed by atoms with E-state index >= 15 is 0 Å². The van der Waals surface area contributed by atoms with Crippen molar-refractivity contribution in [1.29, 1.82) is 0 Å². The Hall–Kier alpha value is -2.59. The lowest BCUT2D eigenvalue weighted by atomic mass is 9.89. The van der Waals surface area contributed by atoms with Gasteiger partial charge in [0, 0.05) is 17.7 Å². The monoisotopic (exact) mass is 379 g/mol. The molecule has 0 bridgehead atoms.